The molecule has 222 valence electrons. The summed E-state index contributed by atoms with van der Waals surface area (Å²) < 4.78 is 30.8. The molecule has 4 heterocycles. The van der Waals surface area contributed by atoms with Crippen molar-refractivity contribution in [2.75, 3.05) is 46.5 Å². The number of allylic oxidation sites excluding steroid dienone is 3. The molecule has 11 heteroatoms. The van der Waals surface area contributed by atoms with Crippen molar-refractivity contribution in [1.29, 1.82) is 0 Å². The van der Waals surface area contributed by atoms with Crippen LogP contribution in [0.4, 0.5) is 4.39 Å². The number of hydrogen-bond acceptors (Lipinski definition) is 8. The minimum absolute atomic E-state index is 0.00520. The summed E-state index contributed by atoms with van der Waals surface area (Å²) in [5.41, 5.74) is 0.785. The average Bonchev–Trinajstić information content (AvgIpc) is 3.22. The minimum atomic E-state index is -0.896. The highest BCUT2D eigenvalue weighted by Gasteiger charge is 2.36. The number of carbonyl (C=O) groups excluding carboxylic acids is 1. The van der Waals surface area contributed by atoms with Crippen LogP contribution in [-0.4, -0.2) is 92.1 Å². The predicted octanol–water partition coefficient (Wildman–Crippen LogP) is 3.99. The summed E-state index contributed by atoms with van der Waals surface area (Å²) >= 11 is 12.7. The van der Waals surface area contributed by atoms with Crippen molar-refractivity contribution in [2.45, 2.75) is 68.4 Å². The van der Waals surface area contributed by atoms with Gasteiger partial charge in [-0.2, -0.15) is 0 Å². The van der Waals surface area contributed by atoms with Crippen LogP contribution in [0.1, 0.15) is 38.5 Å². The lowest BCUT2D eigenvalue weighted by molar-refractivity contribution is -0.134. The highest BCUT2D eigenvalue weighted by molar-refractivity contribution is 6.30. The highest BCUT2D eigenvalue weighted by Crippen LogP contribution is 2.32. The minimum Gasteiger partial charge on any atom is -0.479 e. The van der Waals surface area contributed by atoms with Crippen molar-refractivity contribution >= 4 is 29.2 Å². The Bertz CT molecular complexity index is 1010. The van der Waals surface area contributed by atoms with Crippen molar-refractivity contribution in [2.24, 2.45) is 11.8 Å². The molecular formula is C29H41Cl2FN4O4. The standard InChI is InChI=1S/C29H41Cl2FN4O4/c1-38-28(37)8-7-25-29(31)34-26(36(25)16-22-11-14-39-22)17-35-12-9-19(10-13-35)24-3-2-4-27(33-24)40-18-20-5-6-21(30)15-23(20)32/h2-4,7-8,19-24,26,33-34H,5-6,9-18H2,1H3/b8-7+/t20?,21?,22-,23?,24?,26?/m0/s1. The van der Waals surface area contributed by atoms with Crippen molar-refractivity contribution in [3.8, 4) is 0 Å². The largest absolute Gasteiger partial charge is 0.479 e. The Hall–Kier alpha value is -1.94. The fourth-order valence-electron chi connectivity index (χ4n) is 6.14. The van der Waals surface area contributed by atoms with E-state index in [1.54, 1.807) is 6.08 Å². The van der Waals surface area contributed by atoms with E-state index in [4.69, 9.17) is 37.4 Å². The predicted molar refractivity (Wildman–Crippen MR) is 153 cm³/mol. The van der Waals surface area contributed by atoms with Gasteiger partial charge < -0.3 is 29.7 Å². The van der Waals surface area contributed by atoms with Crippen molar-refractivity contribution < 1.29 is 23.4 Å². The van der Waals surface area contributed by atoms with Crippen molar-refractivity contribution in [1.82, 2.24) is 20.4 Å². The maximum Gasteiger partial charge on any atom is 0.330 e. The third-order valence-electron chi connectivity index (χ3n) is 8.72. The van der Waals surface area contributed by atoms with Gasteiger partial charge in [-0.1, -0.05) is 23.8 Å². The quantitative estimate of drug-likeness (QED) is 0.169. The van der Waals surface area contributed by atoms with Gasteiger partial charge in [-0.25, -0.2) is 9.18 Å². The molecule has 0 spiro atoms. The van der Waals surface area contributed by atoms with Crippen molar-refractivity contribution in [3.05, 3.63) is 47.1 Å². The van der Waals surface area contributed by atoms with E-state index in [9.17, 15) is 9.18 Å². The second-order valence-corrected chi connectivity index (χ2v) is 12.4. The van der Waals surface area contributed by atoms with E-state index < -0.39 is 12.1 Å². The van der Waals surface area contributed by atoms with Gasteiger partial charge >= 0.3 is 5.97 Å². The number of likely N-dealkylation sites (tertiary alicyclic amines) is 1. The summed E-state index contributed by atoms with van der Waals surface area (Å²) in [6.07, 6.45) is 13.7. The molecule has 6 atom stereocenters. The number of rotatable bonds is 10. The Kier molecular flexibility index (Phi) is 10.2. The first kappa shape index (κ1) is 29.5. The van der Waals surface area contributed by atoms with Gasteiger partial charge in [-0.15, -0.1) is 11.6 Å². The summed E-state index contributed by atoms with van der Waals surface area (Å²) in [4.78, 5) is 16.4. The lowest BCUT2D eigenvalue weighted by Gasteiger charge is -2.40. The maximum atomic E-state index is 14.4. The number of piperidine rings is 1. The van der Waals surface area contributed by atoms with Crippen LogP contribution in [0.5, 0.6) is 0 Å². The summed E-state index contributed by atoms with van der Waals surface area (Å²) in [6.45, 7) is 4.63. The third-order valence-corrected chi connectivity index (χ3v) is 9.42. The molecule has 0 radical (unpaired) electrons. The first-order valence-electron chi connectivity index (χ1n) is 14.5. The molecule has 0 aromatic heterocycles. The van der Waals surface area contributed by atoms with E-state index >= 15 is 0 Å². The number of hydrogen-bond donors (Lipinski definition) is 2. The molecule has 0 bridgehead atoms. The second kappa shape index (κ2) is 13.8. The van der Waals surface area contributed by atoms with Gasteiger partial charge in [-0.05, 0) is 69.7 Å². The lowest BCUT2D eigenvalue weighted by Crippen LogP contribution is -2.52. The second-order valence-electron chi connectivity index (χ2n) is 11.4. The van der Waals surface area contributed by atoms with Gasteiger partial charge in [0.1, 0.15) is 17.5 Å². The fourth-order valence-corrected chi connectivity index (χ4v) is 6.73. The van der Waals surface area contributed by atoms with Gasteiger partial charge in [0.05, 0.1) is 31.6 Å². The number of alkyl halides is 2. The number of halogens is 3. The van der Waals surface area contributed by atoms with E-state index in [-0.39, 0.29) is 29.6 Å². The van der Waals surface area contributed by atoms with Crippen molar-refractivity contribution in [3.63, 3.8) is 0 Å². The van der Waals surface area contributed by atoms with Crippen LogP contribution in [0.3, 0.4) is 0 Å². The Morgan fingerprint density at radius 2 is 2.00 bits per heavy atom. The fraction of sp³-hybridized carbons (Fsp3) is 0.690. The summed E-state index contributed by atoms with van der Waals surface area (Å²) in [5, 5.41) is 7.43. The molecule has 0 aromatic carbocycles. The molecular weight excluding hydrogens is 558 g/mol. The molecule has 2 saturated heterocycles. The van der Waals surface area contributed by atoms with Crippen LogP contribution in [0.15, 0.2) is 47.1 Å². The normalized spacial score (nSPS) is 33.4. The van der Waals surface area contributed by atoms with Crippen LogP contribution in [0, 0.1) is 11.8 Å². The van der Waals surface area contributed by atoms with E-state index in [1.165, 1.54) is 13.2 Å². The van der Waals surface area contributed by atoms with Crippen LogP contribution in [0.25, 0.3) is 0 Å². The van der Waals surface area contributed by atoms with Gasteiger partial charge in [0, 0.05) is 37.1 Å². The zero-order valence-electron chi connectivity index (χ0n) is 23.1. The monoisotopic (exact) mass is 598 g/mol. The van der Waals surface area contributed by atoms with Gasteiger partial charge in [0.2, 0.25) is 0 Å². The summed E-state index contributed by atoms with van der Waals surface area (Å²) in [6, 6.07) is 0.199. The molecule has 0 amide bonds. The molecule has 1 saturated carbocycles. The molecule has 3 fully saturated rings. The van der Waals surface area contributed by atoms with Gasteiger partial charge in [0.25, 0.3) is 0 Å². The number of dihydropyridines is 1. The zero-order chi connectivity index (χ0) is 28.1. The van der Waals surface area contributed by atoms with E-state index in [0.717, 1.165) is 69.9 Å². The van der Waals surface area contributed by atoms with E-state index in [0.29, 0.717) is 30.6 Å². The van der Waals surface area contributed by atoms with Gasteiger partial charge in [0.15, 0.2) is 5.88 Å². The van der Waals surface area contributed by atoms with Crippen LogP contribution in [0.2, 0.25) is 0 Å². The summed E-state index contributed by atoms with van der Waals surface area (Å²) in [7, 11) is 1.36. The number of carbonyl (C=O) groups is 1. The Balaban J connectivity index is 1.09. The number of nitrogens with zero attached hydrogens (tertiary/aromatic N) is 2. The topological polar surface area (TPSA) is 75.3 Å². The number of methoxy groups -OCH3 is 1. The number of ether oxygens (including phenoxy) is 3. The Morgan fingerprint density at radius 3 is 2.70 bits per heavy atom. The first-order valence-corrected chi connectivity index (χ1v) is 15.3. The lowest BCUT2D eigenvalue weighted by atomic mass is 9.87. The van der Waals surface area contributed by atoms with Crippen LogP contribution < -0.4 is 10.6 Å². The summed E-state index contributed by atoms with van der Waals surface area (Å²) in [5.74, 6) is 0.703. The zero-order valence-corrected chi connectivity index (χ0v) is 24.6. The molecule has 8 nitrogen and oxygen atoms in total. The first-order chi connectivity index (χ1) is 19.4. The molecule has 40 heavy (non-hydrogen) atoms. The van der Waals surface area contributed by atoms with Crippen LogP contribution >= 0.6 is 23.2 Å². The third kappa shape index (κ3) is 7.46. The Morgan fingerprint density at radius 1 is 1.20 bits per heavy atom. The van der Waals surface area contributed by atoms with Gasteiger partial charge in [-0.3, -0.25) is 4.90 Å². The molecule has 4 aliphatic heterocycles. The van der Waals surface area contributed by atoms with E-state index in [2.05, 4.69) is 26.5 Å². The number of esters is 1. The SMILES string of the molecule is COC(=O)/C=C/C1=C(Cl)NC(CN2CCC(C3C=CC=C(OCC4CCC(Cl)CC4F)N3)CC2)N1C[C@@H]1CCO1. The molecule has 1 aliphatic carbocycles. The van der Waals surface area contributed by atoms with Crippen LogP contribution in [-0.2, 0) is 19.0 Å². The molecule has 2 N–H and O–H groups in total. The Labute approximate surface area is 246 Å². The molecule has 0 aromatic rings. The molecule has 5 rings (SSSR count). The smallest absolute Gasteiger partial charge is 0.330 e. The average molecular weight is 600 g/mol. The molecule has 5 aliphatic rings. The number of nitrogens with one attached hydrogen (secondary N) is 2. The highest BCUT2D eigenvalue weighted by atomic mass is 35.5. The maximum absolute atomic E-state index is 14.4. The molecule has 5 unspecified atom stereocenters. The van der Waals surface area contributed by atoms with E-state index in [1.807, 2.05) is 12.2 Å².